The molecule has 0 fully saturated rings. The van der Waals surface area contributed by atoms with Gasteiger partial charge in [0.05, 0.1) is 0 Å². The predicted molar refractivity (Wildman–Crippen MR) is 15.8 cm³/mol. The van der Waals surface area contributed by atoms with E-state index in [1.54, 1.807) is 0 Å². The maximum absolute atomic E-state index is 6.81. The third-order valence-corrected chi connectivity index (χ3v) is 0. The molecule has 0 unspecified atom stereocenters. The van der Waals surface area contributed by atoms with Gasteiger partial charge in [0.25, 0.3) is 0 Å². The summed E-state index contributed by atoms with van der Waals surface area (Å²) < 4.78 is 6.81. The normalized spacial score (nSPS) is 0.667. The summed E-state index contributed by atoms with van der Waals surface area (Å²) in [5, 5.41) is 0. The average molecular weight is 410 g/mol. The summed E-state index contributed by atoms with van der Waals surface area (Å²) >= 11 is 1.94. The molecule has 62 valence electrons. The molecule has 3 N–H and O–H groups in total. The summed E-state index contributed by atoms with van der Waals surface area (Å²) in [6.07, 6.45) is 0. The Bertz CT molecular complexity index is 26.5. The molecule has 0 atom stereocenters. The van der Waals surface area contributed by atoms with Crippen LogP contribution in [0.25, 0.3) is 0 Å². The first kappa shape index (κ1) is 78.7. The Morgan fingerprint density at radius 1 is 1.11 bits per heavy atom. The van der Waals surface area contributed by atoms with Gasteiger partial charge in [0.1, 0.15) is 0 Å². The van der Waals surface area contributed by atoms with Gasteiger partial charge in [-0.3, -0.25) is 0 Å². The van der Waals surface area contributed by atoms with Crippen LogP contribution in [0.2, 0.25) is 0 Å². The Morgan fingerprint density at radius 3 is 1.11 bits per heavy atom. The maximum Gasteiger partial charge on any atom is 0 e. The Labute approximate surface area is 130 Å². The summed E-state index contributed by atoms with van der Waals surface area (Å²) in [6.45, 7) is 0. The van der Waals surface area contributed by atoms with Crippen molar-refractivity contribution in [1.29, 1.82) is 0 Å². The van der Waals surface area contributed by atoms with E-state index in [1.165, 1.54) is 0 Å². The molecule has 0 aliphatic heterocycles. The van der Waals surface area contributed by atoms with Crippen molar-refractivity contribution in [2.45, 2.75) is 0 Å². The summed E-state index contributed by atoms with van der Waals surface area (Å²) in [5.41, 5.74) is 0. The Kier molecular flexibility index (Phi) is 856. The van der Waals surface area contributed by atoms with Gasteiger partial charge >= 0.3 is 20.5 Å². The number of hydrogen-bond donors (Lipinski definition) is 1. The van der Waals surface area contributed by atoms with Crippen LogP contribution in [-0.4, -0.2) is 27.0 Å². The van der Waals surface area contributed by atoms with E-state index in [0.29, 0.717) is 0 Å². The van der Waals surface area contributed by atoms with Gasteiger partial charge in [-0.15, -0.1) is 0 Å². The molecule has 0 aromatic carbocycles. The van der Waals surface area contributed by atoms with E-state index in [0.717, 1.165) is 0 Å². The van der Waals surface area contributed by atoms with Crippen molar-refractivity contribution in [1.82, 2.24) is 0 Å². The summed E-state index contributed by atoms with van der Waals surface area (Å²) in [4.78, 5) is 0. The van der Waals surface area contributed by atoms with Crippen LogP contribution >= 0.6 is 0 Å². The van der Waals surface area contributed by atoms with Crippen molar-refractivity contribution >= 4 is 17.4 Å². The molecule has 0 bridgehead atoms. The summed E-state index contributed by atoms with van der Waals surface area (Å²) in [5.74, 6) is 0. The average Bonchev–Trinajstić information content (AvgIpc) is 1.00. The number of hydrogen-bond acceptors (Lipinski definition) is 1. The molecule has 0 saturated heterocycles. The van der Waals surface area contributed by atoms with E-state index in [1.807, 2.05) is 16.3 Å². The van der Waals surface area contributed by atoms with Crippen molar-refractivity contribution in [3.8, 4) is 0 Å². The molecule has 2 nitrogen and oxygen atoms in total. The summed E-state index contributed by atoms with van der Waals surface area (Å²) in [6, 6.07) is 0. The molecule has 0 spiro atoms. The van der Waals surface area contributed by atoms with Gasteiger partial charge in [-0.25, -0.2) is 0 Å². The number of rotatable bonds is 0. The topological polar surface area (TPSA) is 51.7 Å². The van der Waals surface area contributed by atoms with Gasteiger partial charge in [0, 0.05) is 88.4 Å². The van der Waals surface area contributed by atoms with Crippen molar-refractivity contribution in [2.75, 3.05) is 0 Å². The van der Waals surface area contributed by atoms with E-state index in [-0.39, 0.29) is 111 Å². The van der Waals surface area contributed by atoms with Crippen LogP contribution in [0.15, 0.2) is 0 Å². The first-order valence-corrected chi connectivity index (χ1v) is 0.697. The van der Waals surface area contributed by atoms with Crippen LogP contribution in [0.5, 0.6) is 0 Å². The SMILES string of the molecule is O.[AlH3].[Co].[Fe].[Ni].[OH][Mn].[V].[Zn]. The van der Waals surface area contributed by atoms with Crippen LogP contribution in [0.1, 0.15) is 0 Å². The van der Waals surface area contributed by atoms with Crippen molar-refractivity contribution in [3.63, 3.8) is 0 Å². The second-order valence-corrected chi connectivity index (χ2v) is 0. The van der Waals surface area contributed by atoms with Gasteiger partial charge in [0.2, 0.25) is 0 Å². The van der Waals surface area contributed by atoms with Gasteiger partial charge in [0.15, 0.2) is 17.4 Å². The quantitative estimate of drug-likeness (QED) is 0.439. The molecule has 9 heteroatoms. The smallest absolute Gasteiger partial charge is 0 e. The zero-order valence-corrected chi connectivity index (χ0v) is 12.2. The molecule has 0 heterocycles. The standard InChI is InChI=1S/Al.Co.Fe.Mn.Ni.2H2O.V.Zn.3H/h;;;;;2*1H2;;;;;/q;;;+1;;;;;;;;/p-1. The summed E-state index contributed by atoms with van der Waals surface area (Å²) in [7, 11) is 0. The van der Waals surface area contributed by atoms with Gasteiger partial charge in [-0.1, -0.05) is 0 Å². The fraction of sp³-hybridized carbons (Fsp3) is 0. The Balaban J connectivity index is -0.000000000238. The van der Waals surface area contributed by atoms with Crippen LogP contribution < -0.4 is 0 Å². The molecule has 0 rings (SSSR count). The maximum atomic E-state index is 6.81. The minimum Gasteiger partial charge on any atom is 0 e. The van der Waals surface area contributed by atoms with E-state index in [4.69, 9.17) is 4.19 Å². The van der Waals surface area contributed by atoms with E-state index >= 15 is 0 Å². The molecule has 0 aliphatic rings. The first-order valence-electron chi connectivity index (χ1n) is 0.169. The molecule has 0 aliphatic carbocycles. The fourth-order valence-electron chi connectivity index (χ4n) is 0. The molecular formula is H6AlCoFeMnNiO2VZn. The molecule has 2 radical (unpaired) electrons. The second-order valence-electron chi connectivity index (χ2n) is 0. The minimum atomic E-state index is 0. The fourth-order valence-corrected chi connectivity index (χ4v) is 0. The van der Waals surface area contributed by atoms with Crippen molar-refractivity contribution in [3.05, 3.63) is 0 Å². The first-order chi connectivity index (χ1) is 1.00. The molecular weight excluding hydrogens is 404 g/mol. The molecule has 0 aromatic rings. The van der Waals surface area contributed by atoms with Crippen molar-refractivity contribution in [2.24, 2.45) is 0 Å². The predicted octanol–water partition coefficient (Wildman–Crippen LogP) is -2.58. The molecule has 0 saturated carbocycles. The van der Waals surface area contributed by atoms with Gasteiger partial charge in [-0.05, 0) is 0 Å². The molecule has 0 aromatic heterocycles. The minimum absolute atomic E-state index is 0. The van der Waals surface area contributed by atoms with Gasteiger partial charge < -0.3 is 5.48 Å². The van der Waals surface area contributed by atoms with Crippen LogP contribution in [-0.2, 0) is 105 Å². The third-order valence-electron chi connectivity index (χ3n) is 0. The van der Waals surface area contributed by atoms with Crippen molar-refractivity contribution < 1.29 is 114 Å². The second kappa shape index (κ2) is 97.9. The van der Waals surface area contributed by atoms with E-state index in [2.05, 4.69) is 0 Å². The Morgan fingerprint density at radius 2 is 1.11 bits per heavy atom. The zero-order chi connectivity index (χ0) is 2.00. The van der Waals surface area contributed by atoms with Gasteiger partial charge in [-0.2, -0.15) is 0 Å². The molecule has 9 heavy (non-hydrogen) atoms. The van der Waals surface area contributed by atoms with Crippen LogP contribution in [0.4, 0.5) is 0 Å². The monoisotopic (exact) mass is 408 g/mol. The zero-order valence-electron chi connectivity index (χ0n) is 3.48. The van der Waals surface area contributed by atoms with E-state index < -0.39 is 0 Å². The van der Waals surface area contributed by atoms with Crippen LogP contribution in [0.3, 0.4) is 0 Å². The van der Waals surface area contributed by atoms with Crippen LogP contribution in [0, 0.1) is 0 Å². The Hall–Kier alpha value is 3.70. The third kappa shape index (κ3) is 80.4. The molecule has 0 amide bonds. The van der Waals surface area contributed by atoms with E-state index in [9.17, 15) is 0 Å². The largest absolute Gasteiger partial charge is 0 e.